The van der Waals surface area contributed by atoms with E-state index in [-0.39, 0.29) is 19.0 Å². The van der Waals surface area contributed by atoms with Crippen LogP contribution in [-0.2, 0) is 16.1 Å². The lowest BCUT2D eigenvalue weighted by Crippen LogP contribution is -2.39. The van der Waals surface area contributed by atoms with Gasteiger partial charge in [-0.15, -0.1) is 11.3 Å². The number of carboxylic acids is 1. The highest BCUT2D eigenvalue weighted by Crippen LogP contribution is 2.07. The second kappa shape index (κ2) is 7.03. The van der Waals surface area contributed by atoms with Gasteiger partial charge in [0.25, 0.3) is 0 Å². The Hall–Kier alpha value is -1.40. The van der Waals surface area contributed by atoms with Crippen LogP contribution in [0.2, 0.25) is 0 Å². The fourth-order valence-corrected chi connectivity index (χ4v) is 1.97. The van der Waals surface area contributed by atoms with Crippen molar-refractivity contribution in [1.82, 2.24) is 10.2 Å². The number of aliphatic carboxylic acids is 1. The molecule has 0 saturated heterocycles. The first kappa shape index (κ1) is 13.7. The molecule has 0 aromatic carbocycles. The maximum Gasteiger partial charge on any atom is 0.317 e. The fraction of sp³-hybridized carbons (Fsp3) is 0.455. The van der Waals surface area contributed by atoms with Gasteiger partial charge in [-0.25, -0.2) is 0 Å². The van der Waals surface area contributed by atoms with E-state index >= 15 is 0 Å². The summed E-state index contributed by atoms with van der Waals surface area (Å²) in [5.41, 5.74) is 0. The summed E-state index contributed by atoms with van der Waals surface area (Å²) in [7, 11) is 0. The normalized spacial score (nSPS) is 10.5. The van der Waals surface area contributed by atoms with Crippen LogP contribution < -0.4 is 5.32 Å². The third-order valence-corrected chi connectivity index (χ3v) is 3.09. The van der Waals surface area contributed by atoms with E-state index in [0.29, 0.717) is 13.1 Å². The maximum absolute atomic E-state index is 11.5. The van der Waals surface area contributed by atoms with Crippen LogP contribution in [0.1, 0.15) is 11.8 Å². The summed E-state index contributed by atoms with van der Waals surface area (Å²) in [6, 6.07) is 3.87. The minimum Gasteiger partial charge on any atom is -0.480 e. The number of nitrogens with zero attached hydrogens (tertiary/aromatic N) is 1. The van der Waals surface area contributed by atoms with Crippen molar-refractivity contribution < 1.29 is 14.7 Å². The van der Waals surface area contributed by atoms with E-state index in [0.717, 1.165) is 4.88 Å². The fourth-order valence-electron chi connectivity index (χ4n) is 1.33. The van der Waals surface area contributed by atoms with E-state index in [1.807, 2.05) is 24.4 Å². The Morgan fingerprint density at radius 3 is 2.76 bits per heavy atom. The first-order valence-electron chi connectivity index (χ1n) is 5.35. The van der Waals surface area contributed by atoms with E-state index in [9.17, 15) is 9.59 Å². The second-order valence-corrected chi connectivity index (χ2v) is 4.59. The van der Waals surface area contributed by atoms with Crippen molar-refractivity contribution in [2.45, 2.75) is 13.5 Å². The molecule has 1 rings (SSSR count). The van der Waals surface area contributed by atoms with Crippen molar-refractivity contribution in [3.8, 4) is 0 Å². The standard InChI is InChI=1S/C11H16N2O3S/c1-2-13(8-11(15)16)7-10(14)12-6-9-4-3-5-17-9/h3-5H,2,6-8H2,1H3,(H,12,14)(H,15,16). The number of carboxylic acid groups (broad SMARTS) is 1. The molecule has 0 bridgehead atoms. The zero-order valence-electron chi connectivity index (χ0n) is 9.68. The van der Waals surface area contributed by atoms with Crippen LogP contribution in [0.3, 0.4) is 0 Å². The van der Waals surface area contributed by atoms with Crippen LogP contribution in [-0.4, -0.2) is 41.5 Å². The average Bonchev–Trinajstić information content (AvgIpc) is 2.77. The van der Waals surface area contributed by atoms with Crippen molar-refractivity contribution in [1.29, 1.82) is 0 Å². The summed E-state index contributed by atoms with van der Waals surface area (Å²) in [5.74, 6) is -1.07. The van der Waals surface area contributed by atoms with Crippen LogP contribution >= 0.6 is 11.3 Å². The predicted octanol–water partition coefficient (Wildman–Crippen LogP) is 0.771. The number of thiophene rings is 1. The predicted molar refractivity (Wildman–Crippen MR) is 65.9 cm³/mol. The van der Waals surface area contributed by atoms with Gasteiger partial charge in [-0.2, -0.15) is 0 Å². The Labute approximate surface area is 104 Å². The van der Waals surface area contributed by atoms with Crippen molar-refractivity contribution in [2.24, 2.45) is 0 Å². The van der Waals surface area contributed by atoms with Gasteiger partial charge < -0.3 is 10.4 Å². The van der Waals surface area contributed by atoms with Crippen LogP contribution in [0.15, 0.2) is 17.5 Å². The third kappa shape index (κ3) is 5.46. The summed E-state index contributed by atoms with van der Waals surface area (Å²) in [6.07, 6.45) is 0. The van der Waals surface area contributed by atoms with Crippen LogP contribution in [0, 0.1) is 0 Å². The molecule has 0 aliphatic heterocycles. The molecule has 0 radical (unpaired) electrons. The van der Waals surface area contributed by atoms with Gasteiger partial charge in [-0.1, -0.05) is 13.0 Å². The van der Waals surface area contributed by atoms with Gasteiger partial charge in [0, 0.05) is 4.88 Å². The quantitative estimate of drug-likeness (QED) is 0.756. The first-order chi connectivity index (χ1) is 8.11. The molecule has 1 aromatic heterocycles. The van der Waals surface area contributed by atoms with Crippen LogP contribution in [0.4, 0.5) is 0 Å². The van der Waals surface area contributed by atoms with Crippen molar-refractivity contribution >= 4 is 23.2 Å². The number of carbonyl (C=O) groups is 2. The van der Waals surface area contributed by atoms with Gasteiger partial charge in [0.2, 0.25) is 5.91 Å². The Morgan fingerprint density at radius 1 is 1.47 bits per heavy atom. The minimum absolute atomic E-state index is 0.108. The molecule has 1 aromatic rings. The molecule has 0 spiro atoms. The number of rotatable bonds is 7. The summed E-state index contributed by atoms with van der Waals surface area (Å²) in [4.78, 5) is 24.7. The number of amides is 1. The Balaban J connectivity index is 2.30. The molecule has 94 valence electrons. The monoisotopic (exact) mass is 256 g/mol. The molecule has 1 heterocycles. The zero-order valence-corrected chi connectivity index (χ0v) is 10.5. The Bertz CT molecular complexity index is 365. The largest absolute Gasteiger partial charge is 0.480 e. The van der Waals surface area contributed by atoms with Gasteiger partial charge >= 0.3 is 5.97 Å². The van der Waals surface area contributed by atoms with Crippen molar-refractivity contribution in [2.75, 3.05) is 19.6 Å². The van der Waals surface area contributed by atoms with Crippen molar-refractivity contribution in [3.63, 3.8) is 0 Å². The van der Waals surface area contributed by atoms with Crippen LogP contribution in [0.25, 0.3) is 0 Å². The SMILES string of the molecule is CCN(CC(=O)O)CC(=O)NCc1cccs1. The number of carbonyl (C=O) groups excluding carboxylic acids is 1. The van der Waals surface area contributed by atoms with Crippen LogP contribution in [0.5, 0.6) is 0 Å². The Kier molecular flexibility index (Phi) is 5.65. The molecule has 0 aliphatic rings. The Morgan fingerprint density at radius 2 is 2.24 bits per heavy atom. The van der Waals surface area contributed by atoms with E-state index in [2.05, 4.69) is 5.32 Å². The van der Waals surface area contributed by atoms with E-state index in [4.69, 9.17) is 5.11 Å². The molecule has 0 aliphatic carbocycles. The van der Waals surface area contributed by atoms with Gasteiger partial charge in [-0.05, 0) is 18.0 Å². The average molecular weight is 256 g/mol. The third-order valence-electron chi connectivity index (χ3n) is 2.21. The topological polar surface area (TPSA) is 69.6 Å². The van der Waals surface area contributed by atoms with Gasteiger partial charge in [0.05, 0.1) is 19.6 Å². The van der Waals surface area contributed by atoms with Gasteiger partial charge in [0.15, 0.2) is 0 Å². The zero-order chi connectivity index (χ0) is 12.7. The molecule has 1 amide bonds. The lowest BCUT2D eigenvalue weighted by Gasteiger charge is -2.17. The van der Waals surface area contributed by atoms with E-state index < -0.39 is 5.97 Å². The summed E-state index contributed by atoms with van der Waals surface area (Å²) in [6.45, 7) is 2.88. The second-order valence-electron chi connectivity index (χ2n) is 3.55. The highest BCUT2D eigenvalue weighted by molar-refractivity contribution is 7.09. The molecule has 0 fully saturated rings. The molecule has 5 nitrogen and oxygen atoms in total. The molecule has 6 heteroatoms. The summed E-state index contributed by atoms with van der Waals surface area (Å²) < 4.78 is 0. The molecule has 0 unspecified atom stereocenters. The highest BCUT2D eigenvalue weighted by atomic mass is 32.1. The smallest absolute Gasteiger partial charge is 0.317 e. The van der Waals surface area contributed by atoms with E-state index in [1.54, 1.807) is 16.2 Å². The van der Waals surface area contributed by atoms with E-state index in [1.165, 1.54) is 0 Å². The summed E-state index contributed by atoms with van der Waals surface area (Å²) in [5, 5.41) is 13.3. The first-order valence-corrected chi connectivity index (χ1v) is 6.23. The maximum atomic E-state index is 11.5. The molecule has 2 N–H and O–H groups in total. The number of likely N-dealkylation sites (N-methyl/N-ethyl adjacent to an activating group) is 1. The number of nitrogens with one attached hydrogen (secondary N) is 1. The molecule has 0 atom stereocenters. The van der Waals surface area contributed by atoms with Gasteiger partial charge in [0.1, 0.15) is 0 Å². The summed E-state index contributed by atoms with van der Waals surface area (Å²) >= 11 is 1.58. The molecule has 17 heavy (non-hydrogen) atoms. The lowest BCUT2D eigenvalue weighted by atomic mass is 10.4. The minimum atomic E-state index is -0.919. The molecular weight excluding hydrogens is 240 g/mol. The molecule has 0 saturated carbocycles. The molecular formula is C11H16N2O3S. The van der Waals surface area contributed by atoms with Crippen molar-refractivity contribution in [3.05, 3.63) is 22.4 Å². The number of hydrogen-bond acceptors (Lipinski definition) is 4. The lowest BCUT2D eigenvalue weighted by molar-refractivity contribution is -0.138. The van der Waals surface area contributed by atoms with Gasteiger partial charge in [-0.3, -0.25) is 14.5 Å². The highest BCUT2D eigenvalue weighted by Gasteiger charge is 2.11. The number of hydrogen-bond donors (Lipinski definition) is 2.